The fourth-order valence-corrected chi connectivity index (χ4v) is 1.97. The normalized spacial score (nSPS) is 17.4. The van der Waals surface area contributed by atoms with Crippen LogP contribution < -0.4 is 5.56 Å². The molecule has 86 valence electrons. The van der Waals surface area contributed by atoms with Gasteiger partial charge >= 0.3 is 0 Å². The maximum atomic E-state index is 12.0. The van der Waals surface area contributed by atoms with Crippen LogP contribution in [0.25, 0.3) is 0 Å². The molecule has 0 saturated carbocycles. The quantitative estimate of drug-likeness (QED) is 0.774. The van der Waals surface area contributed by atoms with Gasteiger partial charge in [0, 0.05) is 30.9 Å². The van der Waals surface area contributed by atoms with E-state index in [9.17, 15) is 9.59 Å². The van der Waals surface area contributed by atoms with E-state index in [1.165, 1.54) is 12.3 Å². The lowest BCUT2D eigenvalue weighted by molar-refractivity contribution is 0.0697. The van der Waals surface area contributed by atoms with Crippen LogP contribution in [0, 0.1) is 5.92 Å². The Hall–Kier alpha value is -1.58. The topological polar surface area (TPSA) is 53.2 Å². The highest BCUT2D eigenvalue weighted by atomic mass is 16.2. The number of H-pyrrole nitrogens is 1. The molecular weight excluding hydrogens is 204 g/mol. The van der Waals surface area contributed by atoms with E-state index in [0.717, 1.165) is 25.9 Å². The van der Waals surface area contributed by atoms with E-state index in [-0.39, 0.29) is 11.5 Å². The van der Waals surface area contributed by atoms with Crippen molar-refractivity contribution in [3.63, 3.8) is 0 Å². The van der Waals surface area contributed by atoms with Crippen LogP contribution in [0.1, 0.15) is 30.1 Å². The minimum Gasteiger partial charge on any atom is -0.339 e. The fourth-order valence-electron chi connectivity index (χ4n) is 1.97. The average molecular weight is 220 g/mol. The zero-order valence-corrected chi connectivity index (χ0v) is 9.40. The summed E-state index contributed by atoms with van der Waals surface area (Å²) in [5.41, 5.74) is 0.259. The second kappa shape index (κ2) is 4.51. The van der Waals surface area contributed by atoms with E-state index in [0.29, 0.717) is 11.5 Å². The van der Waals surface area contributed by atoms with Gasteiger partial charge in [-0.05, 0) is 24.8 Å². The third-order valence-corrected chi connectivity index (χ3v) is 3.09. The molecule has 0 atom stereocenters. The Bertz CT molecular complexity index is 431. The average Bonchev–Trinajstić information content (AvgIpc) is 2.29. The first kappa shape index (κ1) is 10.9. The molecule has 1 aliphatic rings. The van der Waals surface area contributed by atoms with Crippen molar-refractivity contribution in [2.24, 2.45) is 5.92 Å². The number of carbonyl (C=O) groups is 1. The molecule has 1 aliphatic heterocycles. The minimum absolute atomic E-state index is 0.0296. The first-order chi connectivity index (χ1) is 7.66. The molecule has 0 spiro atoms. The van der Waals surface area contributed by atoms with Gasteiger partial charge in [0.05, 0.1) is 0 Å². The van der Waals surface area contributed by atoms with E-state index >= 15 is 0 Å². The van der Waals surface area contributed by atoms with Crippen LogP contribution in [-0.4, -0.2) is 28.9 Å². The molecule has 4 heteroatoms. The number of rotatable bonds is 1. The molecule has 1 aromatic rings. The molecule has 16 heavy (non-hydrogen) atoms. The van der Waals surface area contributed by atoms with Crippen LogP contribution in [0.3, 0.4) is 0 Å². The second-order valence-corrected chi connectivity index (χ2v) is 4.42. The number of aromatic nitrogens is 1. The number of nitrogens with one attached hydrogen (secondary N) is 1. The zero-order chi connectivity index (χ0) is 11.5. The Morgan fingerprint density at radius 1 is 1.44 bits per heavy atom. The molecule has 0 aliphatic carbocycles. The number of hydrogen-bond acceptors (Lipinski definition) is 2. The molecule has 0 unspecified atom stereocenters. The summed E-state index contributed by atoms with van der Waals surface area (Å²) in [6.07, 6.45) is 3.62. The maximum Gasteiger partial charge on any atom is 0.254 e. The van der Waals surface area contributed by atoms with Crippen LogP contribution in [0.5, 0.6) is 0 Å². The Morgan fingerprint density at radius 3 is 2.75 bits per heavy atom. The zero-order valence-electron chi connectivity index (χ0n) is 9.40. The highest BCUT2D eigenvalue weighted by Crippen LogP contribution is 2.17. The van der Waals surface area contributed by atoms with E-state index in [2.05, 4.69) is 11.9 Å². The lowest BCUT2D eigenvalue weighted by Crippen LogP contribution is -2.38. The molecule has 0 radical (unpaired) electrons. The van der Waals surface area contributed by atoms with Crippen LogP contribution >= 0.6 is 0 Å². The van der Waals surface area contributed by atoms with Gasteiger partial charge in [0.25, 0.3) is 5.91 Å². The third kappa shape index (κ3) is 2.32. The number of likely N-dealkylation sites (tertiary alicyclic amines) is 1. The summed E-state index contributed by atoms with van der Waals surface area (Å²) < 4.78 is 0. The van der Waals surface area contributed by atoms with Crippen molar-refractivity contribution >= 4 is 5.91 Å². The molecule has 0 aromatic carbocycles. The summed E-state index contributed by atoms with van der Waals surface area (Å²) in [7, 11) is 0. The van der Waals surface area contributed by atoms with Gasteiger partial charge in [-0.3, -0.25) is 9.59 Å². The first-order valence-corrected chi connectivity index (χ1v) is 5.65. The Kier molecular flexibility index (Phi) is 3.08. The van der Waals surface area contributed by atoms with Gasteiger partial charge in [-0.15, -0.1) is 0 Å². The van der Waals surface area contributed by atoms with Crippen LogP contribution in [0.2, 0.25) is 0 Å². The molecule has 1 aromatic heterocycles. The third-order valence-electron chi connectivity index (χ3n) is 3.09. The summed E-state index contributed by atoms with van der Waals surface area (Å²) >= 11 is 0. The van der Waals surface area contributed by atoms with Crippen LogP contribution in [-0.2, 0) is 0 Å². The van der Waals surface area contributed by atoms with E-state index in [4.69, 9.17) is 0 Å². The van der Waals surface area contributed by atoms with Gasteiger partial charge in [-0.1, -0.05) is 6.92 Å². The lowest BCUT2D eigenvalue weighted by Gasteiger charge is -2.30. The van der Waals surface area contributed by atoms with Crippen molar-refractivity contribution in [2.75, 3.05) is 13.1 Å². The van der Waals surface area contributed by atoms with E-state index < -0.39 is 0 Å². The van der Waals surface area contributed by atoms with Crippen molar-refractivity contribution < 1.29 is 4.79 Å². The van der Waals surface area contributed by atoms with Gasteiger partial charge < -0.3 is 9.88 Å². The first-order valence-electron chi connectivity index (χ1n) is 5.65. The standard InChI is InChI=1S/C12H16N2O2/c1-9-3-6-14(7-4-9)12(16)10-2-5-13-11(15)8-10/h2,5,8-9H,3-4,6-7H2,1H3,(H,13,15). The fraction of sp³-hybridized carbons (Fsp3) is 0.500. The number of amides is 1. The minimum atomic E-state index is -0.226. The Morgan fingerprint density at radius 2 is 2.12 bits per heavy atom. The van der Waals surface area contributed by atoms with Gasteiger partial charge in [0.1, 0.15) is 0 Å². The largest absolute Gasteiger partial charge is 0.339 e. The molecule has 4 nitrogen and oxygen atoms in total. The Balaban J connectivity index is 2.10. The molecule has 2 heterocycles. The maximum absolute atomic E-state index is 12.0. The highest BCUT2D eigenvalue weighted by molar-refractivity contribution is 5.94. The SMILES string of the molecule is CC1CCN(C(=O)c2cc[nH]c(=O)c2)CC1. The molecule has 1 saturated heterocycles. The van der Waals surface area contributed by atoms with Gasteiger partial charge in [-0.2, -0.15) is 0 Å². The number of piperidine rings is 1. The molecule has 0 bridgehead atoms. The van der Waals surface area contributed by atoms with Gasteiger partial charge in [0.15, 0.2) is 0 Å². The Labute approximate surface area is 94.3 Å². The summed E-state index contributed by atoms with van der Waals surface area (Å²) in [5.74, 6) is 0.668. The number of carbonyl (C=O) groups excluding carboxylic acids is 1. The van der Waals surface area contributed by atoms with Crippen molar-refractivity contribution in [1.29, 1.82) is 0 Å². The summed E-state index contributed by atoms with van der Waals surface area (Å²) in [5, 5.41) is 0. The summed E-state index contributed by atoms with van der Waals surface area (Å²) in [6.45, 7) is 3.80. The molecule has 1 N–H and O–H groups in total. The molecule has 1 fully saturated rings. The molecule has 1 amide bonds. The molecular formula is C12H16N2O2. The number of pyridine rings is 1. The van der Waals surface area contributed by atoms with Crippen molar-refractivity contribution in [2.45, 2.75) is 19.8 Å². The number of nitrogens with zero attached hydrogens (tertiary/aromatic N) is 1. The van der Waals surface area contributed by atoms with Crippen LogP contribution in [0.4, 0.5) is 0 Å². The van der Waals surface area contributed by atoms with E-state index in [1.807, 2.05) is 4.90 Å². The summed E-state index contributed by atoms with van der Waals surface area (Å²) in [6, 6.07) is 3.02. The van der Waals surface area contributed by atoms with Gasteiger partial charge in [0.2, 0.25) is 5.56 Å². The summed E-state index contributed by atoms with van der Waals surface area (Å²) in [4.78, 5) is 27.5. The van der Waals surface area contributed by atoms with Crippen molar-refractivity contribution in [3.8, 4) is 0 Å². The molecule has 2 rings (SSSR count). The van der Waals surface area contributed by atoms with Gasteiger partial charge in [-0.25, -0.2) is 0 Å². The predicted molar refractivity (Wildman–Crippen MR) is 61.4 cm³/mol. The lowest BCUT2D eigenvalue weighted by atomic mass is 9.99. The van der Waals surface area contributed by atoms with Crippen molar-refractivity contribution in [3.05, 3.63) is 34.2 Å². The predicted octanol–water partition coefficient (Wildman–Crippen LogP) is 1.25. The van der Waals surface area contributed by atoms with E-state index in [1.54, 1.807) is 6.07 Å². The van der Waals surface area contributed by atoms with Crippen LogP contribution in [0.15, 0.2) is 23.1 Å². The monoisotopic (exact) mass is 220 g/mol. The number of hydrogen-bond donors (Lipinski definition) is 1. The van der Waals surface area contributed by atoms with Crippen molar-refractivity contribution in [1.82, 2.24) is 9.88 Å². The smallest absolute Gasteiger partial charge is 0.254 e. The highest BCUT2D eigenvalue weighted by Gasteiger charge is 2.21. The number of aromatic amines is 1. The second-order valence-electron chi connectivity index (χ2n) is 4.42.